The molecule has 0 bridgehead atoms. The molecule has 0 amide bonds. The molecule has 3 heterocycles. The van der Waals surface area contributed by atoms with Crippen LogP contribution < -0.4 is 4.90 Å². The van der Waals surface area contributed by atoms with Crippen LogP contribution in [0.3, 0.4) is 0 Å². The van der Waals surface area contributed by atoms with Crippen molar-refractivity contribution >= 4 is 66.3 Å². The van der Waals surface area contributed by atoms with Crippen molar-refractivity contribution in [2.24, 2.45) is 5.92 Å². The van der Waals surface area contributed by atoms with Crippen molar-refractivity contribution in [2.45, 2.75) is 38.0 Å². The number of anilines is 2. The lowest BCUT2D eigenvalue weighted by atomic mass is 9.65. The van der Waals surface area contributed by atoms with Crippen LogP contribution in [0.25, 0.3) is 60.6 Å². The average molecular weight is 772 g/mol. The number of hydrogen-bond acceptors (Lipinski definition) is 1. The van der Waals surface area contributed by atoms with Crippen LogP contribution in [0, 0.1) is 5.92 Å². The van der Waals surface area contributed by atoms with Gasteiger partial charge in [-0.1, -0.05) is 147 Å². The molecule has 2 atom stereocenters. The van der Waals surface area contributed by atoms with Crippen molar-refractivity contribution in [1.29, 1.82) is 0 Å². The number of fused-ring (bicyclic) bond motifs is 9. The first-order chi connectivity index (χ1) is 29.5. The Balaban J connectivity index is 0.970. The van der Waals surface area contributed by atoms with Crippen LogP contribution in [0.1, 0.15) is 49.3 Å². The van der Waals surface area contributed by atoms with Crippen molar-refractivity contribution in [3.63, 3.8) is 0 Å². The number of para-hydroxylation sites is 4. The summed E-state index contributed by atoms with van der Waals surface area (Å²) in [6.45, 7) is 4.97. The fourth-order valence-electron chi connectivity index (χ4n) is 10.7. The first-order valence-electron chi connectivity index (χ1n) is 21.4. The molecule has 0 saturated heterocycles. The van der Waals surface area contributed by atoms with E-state index in [0.717, 1.165) is 18.5 Å². The zero-order valence-electron chi connectivity index (χ0n) is 34.0. The Morgan fingerprint density at radius 2 is 1.22 bits per heavy atom. The minimum absolute atomic E-state index is 0.125. The minimum Gasteiger partial charge on any atom is -0.312 e. The topological polar surface area (TPSA) is 13.1 Å². The van der Waals surface area contributed by atoms with Gasteiger partial charge < -0.3 is 14.0 Å². The number of rotatable bonds is 6. The maximum Gasteiger partial charge on any atom is 0.0641 e. The smallest absolute Gasteiger partial charge is 0.0641 e. The predicted molar refractivity (Wildman–Crippen MR) is 253 cm³/mol. The number of hydrogen-bond donors (Lipinski definition) is 0. The zero-order valence-corrected chi connectivity index (χ0v) is 34.0. The summed E-state index contributed by atoms with van der Waals surface area (Å²) in [6, 6.07) is 62.4. The van der Waals surface area contributed by atoms with E-state index in [4.69, 9.17) is 0 Å². The van der Waals surface area contributed by atoms with Crippen LogP contribution in [0.2, 0.25) is 0 Å². The van der Waals surface area contributed by atoms with Gasteiger partial charge in [0, 0.05) is 67.3 Å². The summed E-state index contributed by atoms with van der Waals surface area (Å²) in [5, 5.41) is 5.28. The van der Waals surface area contributed by atoms with E-state index in [-0.39, 0.29) is 5.41 Å². The Kier molecular flexibility index (Phi) is 7.84. The molecule has 9 aromatic rings. The molecule has 2 aromatic heterocycles. The Labute approximate surface area is 351 Å². The monoisotopic (exact) mass is 771 g/mol. The summed E-state index contributed by atoms with van der Waals surface area (Å²) in [7, 11) is 0. The summed E-state index contributed by atoms with van der Waals surface area (Å²) in [6.07, 6.45) is 13.8. The number of aromatic nitrogens is 2. The highest BCUT2D eigenvalue weighted by Gasteiger charge is 2.44. The van der Waals surface area contributed by atoms with Gasteiger partial charge in [0.1, 0.15) is 0 Å². The molecule has 1 aliphatic heterocycles. The second-order valence-corrected chi connectivity index (χ2v) is 17.3. The van der Waals surface area contributed by atoms with Gasteiger partial charge in [-0.3, -0.25) is 0 Å². The van der Waals surface area contributed by atoms with Gasteiger partial charge in [-0.2, -0.15) is 0 Å². The molecule has 3 heteroatoms. The highest BCUT2D eigenvalue weighted by Crippen LogP contribution is 2.56. The molecular formula is C57H45N3. The fourth-order valence-corrected chi connectivity index (χ4v) is 10.7. The fraction of sp³-hybridized carbons (Fsp3) is 0.123. The van der Waals surface area contributed by atoms with E-state index in [1.165, 1.54) is 88.6 Å². The highest BCUT2D eigenvalue weighted by atomic mass is 15.1. The molecule has 2 unspecified atom stereocenters. The van der Waals surface area contributed by atoms with Crippen molar-refractivity contribution < 1.29 is 0 Å². The molecule has 0 saturated carbocycles. The highest BCUT2D eigenvalue weighted by molar-refractivity contribution is 6.27. The Morgan fingerprint density at radius 3 is 1.93 bits per heavy atom. The second kappa shape index (κ2) is 13.5. The molecule has 0 fully saturated rings. The number of nitrogens with zero attached hydrogens (tertiary/aromatic N) is 3. The van der Waals surface area contributed by atoms with E-state index < -0.39 is 0 Å². The maximum atomic E-state index is 2.62. The van der Waals surface area contributed by atoms with Crippen LogP contribution in [0.5, 0.6) is 0 Å². The standard InChI is InChI=1S/C57H45N3/c1-57(2)49-36-41(40-28-33-45(34-29-40)58(42-18-8-4-9-19-42)44-31-26-39(27-32-44)38-16-6-3-7-17-38)30-35-53(49)60-52-25-15-13-23-47(52)54-55-48(37-50(57)56(54)60)46-22-12-14-24-51(46)59(55)43-20-10-5-11-21-43/h3-26,28-35,37,39,49H,27,36H2,1-2H3. The van der Waals surface area contributed by atoms with Crippen LogP contribution in [-0.4, -0.2) is 9.13 Å². The molecule has 3 nitrogen and oxygen atoms in total. The molecule has 3 aliphatic rings. The first kappa shape index (κ1) is 34.9. The van der Waals surface area contributed by atoms with E-state index in [2.05, 4.69) is 228 Å². The lowest BCUT2D eigenvalue weighted by molar-refractivity contribution is 0.383. The van der Waals surface area contributed by atoms with Gasteiger partial charge in [0.2, 0.25) is 0 Å². The van der Waals surface area contributed by atoms with Crippen molar-refractivity contribution in [3.05, 3.63) is 223 Å². The molecule has 0 N–H and O–H groups in total. The summed E-state index contributed by atoms with van der Waals surface area (Å²) in [5.74, 6) is 0.683. The van der Waals surface area contributed by atoms with E-state index in [9.17, 15) is 0 Å². The van der Waals surface area contributed by atoms with Crippen LogP contribution in [-0.2, 0) is 5.41 Å². The van der Waals surface area contributed by atoms with E-state index in [1.807, 2.05) is 0 Å². The Hall–Kier alpha value is -7.10. The molecule has 12 rings (SSSR count). The molecule has 60 heavy (non-hydrogen) atoms. The van der Waals surface area contributed by atoms with Gasteiger partial charge in [0.05, 0.1) is 22.1 Å². The van der Waals surface area contributed by atoms with Gasteiger partial charge in [-0.05, 0) is 102 Å². The van der Waals surface area contributed by atoms with Crippen LogP contribution >= 0.6 is 0 Å². The number of allylic oxidation sites excluding steroid dienone is 7. The summed E-state index contributed by atoms with van der Waals surface area (Å²) < 4.78 is 5.11. The molecule has 0 spiro atoms. The lowest BCUT2D eigenvalue weighted by Crippen LogP contribution is -2.36. The van der Waals surface area contributed by atoms with E-state index >= 15 is 0 Å². The molecule has 7 aromatic carbocycles. The summed E-state index contributed by atoms with van der Waals surface area (Å²) in [5.41, 5.74) is 16.6. The van der Waals surface area contributed by atoms with Crippen molar-refractivity contribution in [3.8, 4) is 5.69 Å². The zero-order chi connectivity index (χ0) is 40.0. The molecule has 2 aliphatic carbocycles. The summed E-state index contributed by atoms with van der Waals surface area (Å²) in [4.78, 5) is 2.40. The quantitative estimate of drug-likeness (QED) is 0.164. The SMILES string of the molecule is CC1(C)c2cc3c4ccccc4n(-c4ccccc4)c3c3c4ccccc4n(c23)C2=CC=C(c3ccc(N(C4=CCC(c5ccccc5)C=C4)c4ccccc4)cc3)CC21. The predicted octanol–water partition coefficient (Wildman–Crippen LogP) is 14.9. The third-order valence-electron chi connectivity index (χ3n) is 13.7. The van der Waals surface area contributed by atoms with E-state index in [1.54, 1.807) is 0 Å². The van der Waals surface area contributed by atoms with Crippen molar-refractivity contribution in [2.75, 3.05) is 4.90 Å². The third-order valence-corrected chi connectivity index (χ3v) is 13.7. The van der Waals surface area contributed by atoms with Gasteiger partial charge in [-0.15, -0.1) is 0 Å². The normalized spacial score (nSPS) is 18.1. The van der Waals surface area contributed by atoms with Gasteiger partial charge in [0.25, 0.3) is 0 Å². The number of benzene rings is 7. The van der Waals surface area contributed by atoms with Crippen LogP contribution in [0.4, 0.5) is 11.4 Å². The van der Waals surface area contributed by atoms with Crippen molar-refractivity contribution in [1.82, 2.24) is 9.13 Å². The maximum absolute atomic E-state index is 2.62. The van der Waals surface area contributed by atoms with Gasteiger partial charge in [-0.25, -0.2) is 0 Å². The Bertz CT molecular complexity index is 3260. The molecule has 0 radical (unpaired) electrons. The first-order valence-corrected chi connectivity index (χ1v) is 21.4. The Morgan fingerprint density at radius 1 is 0.583 bits per heavy atom. The second-order valence-electron chi connectivity index (χ2n) is 17.3. The lowest BCUT2D eigenvalue weighted by Gasteiger charge is -2.44. The minimum atomic E-state index is -0.125. The van der Waals surface area contributed by atoms with Gasteiger partial charge >= 0.3 is 0 Å². The van der Waals surface area contributed by atoms with Gasteiger partial charge in [0.15, 0.2) is 0 Å². The summed E-state index contributed by atoms with van der Waals surface area (Å²) >= 11 is 0. The van der Waals surface area contributed by atoms with E-state index in [0.29, 0.717) is 11.8 Å². The largest absolute Gasteiger partial charge is 0.312 e. The third kappa shape index (κ3) is 5.21. The van der Waals surface area contributed by atoms with Crippen LogP contribution in [0.15, 0.2) is 206 Å². The average Bonchev–Trinajstić information content (AvgIpc) is 3.83. The molecular weight excluding hydrogens is 727 g/mol. The molecule has 288 valence electrons.